The highest BCUT2D eigenvalue weighted by atomic mass is 16.3. The third-order valence-electron chi connectivity index (χ3n) is 1.14. The minimum absolute atomic E-state index is 0.256. The lowest BCUT2D eigenvalue weighted by atomic mass is 10.6. The van der Waals surface area contributed by atoms with E-state index >= 15 is 0 Å². The number of aromatic amines is 1. The molecule has 0 spiro atoms. The summed E-state index contributed by atoms with van der Waals surface area (Å²) in [6, 6.07) is 2.78. The minimum Gasteiger partial charge on any atom is -0.493 e. The Morgan fingerprint density at radius 1 is 1.29 bits per heavy atom. The zero-order valence-corrected chi connectivity index (χ0v) is 7.16. The Balaban J connectivity index is 0.000000146. The van der Waals surface area contributed by atoms with Crippen molar-refractivity contribution in [2.24, 2.45) is 0 Å². The van der Waals surface area contributed by atoms with Crippen LogP contribution in [0.3, 0.4) is 0 Å². The maximum absolute atomic E-state index is 10.2. The van der Waals surface area contributed by atoms with Gasteiger partial charge < -0.3 is 10.1 Å². The summed E-state index contributed by atoms with van der Waals surface area (Å²) in [5.74, 6) is -0.256. The van der Waals surface area contributed by atoms with E-state index in [4.69, 9.17) is 5.11 Å². The lowest BCUT2D eigenvalue weighted by molar-refractivity contribution is 0.451. The number of hydrogen-bond donors (Lipinski definition) is 2. The van der Waals surface area contributed by atoms with Gasteiger partial charge in [-0.15, -0.1) is 0 Å². The number of aromatic hydroxyl groups is 1. The van der Waals surface area contributed by atoms with E-state index in [0.29, 0.717) is 0 Å². The van der Waals surface area contributed by atoms with Crippen LogP contribution in [0.25, 0.3) is 0 Å². The van der Waals surface area contributed by atoms with E-state index in [1.165, 1.54) is 6.33 Å². The second-order valence-electron chi connectivity index (χ2n) is 2.17. The second kappa shape index (κ2) is 5.41. The molecule has 2 N–H and O–H groups in total. The van der Waals surface area contributed by atoms with Crippen molar-refractivity contribution >= 4 is 0 Å². The zero-order valence-electron chi connectivity index (χ0n) is 7.16. The van der Waals surface area contributed by atoms with Crippen LogP contribution in [-0.2, 0) is 0 Å². The van der Waals surface area contributed by atoms with Crippen LogP contribution in [0, 0.1) is 0 Å². The maximum atomic E-state index is 10.2. The van der Waals surface area contributed by atoms with Crippen LogP contribution in [0.1, 0.15) is 0 Å². The topological polar surface area (TPSA) is 91.8 Å². The first-order valence-electron chi connectivity index (χ1n) is 3.73. The van der Waals surface area contributed by atoms with Gasteiger partial charge in [-0.3, -0.25) is 4.79 Å². The van der Waals surface area contributed by atoms with E-state index in [1.807, 2.05) is 0 Å². The van der Waals surface area contributed by atoms with E-state index in [1.54, 1.807) is 18.5 Å². The smallest absolute Gasteiger partial charge is 0.254 e. The van der Waals surface area contributed by atoms with Crippen molar-refractivity contribution in [3.8, 4) is 5.88 Å². The van der Waals surface area contributed by atoms with Crippen molar-refractivity contribution in [2.75, 3.05) is 0 Å². The molecule has 14 heavy (non-hydrogen) atoms. The second-order valence-corrected chi connectivity index (χ2v) is 2.17. The Morgan fingerprint density at radius 3 is 2.29 bits per heavy atom. The molecule has 0 radical (unpaired) electrons. The van der Waals surface area contributed by atoms with Crippen molar-refractivity contribution < 1.29 is 5.11 Å². The van der Waals surface area contributed by atoms with Gasteiger partial charge in [0.05, 0.1) is 12.4 Å². The highest BCUT2D eigenvalue weighted by Crippen LogP contribution is 1.90. The maximum Gasteiger partial charge on any atom is 0.254 e. The predicted molar refractivity (Wildman–Crippen MR) is 48.6 cm³/mol. The molecule has 0 unspecified atom stereocenters. The van der Waals surface area contributed by atoms with Crippen molar-refractivity contribution in [1.82, 2.24) is 19.9 Å². The Labute approximate surface area is 79.3 Å². The Hall–Kier alpha value is -2.24. The van der Waals surface area contributed by atoms with Crippen molar-refractivity contribution in [1.29, 1.82) is 0 Å². The summed E-state index contributed by atoms with van der Waals surface area (Å²) in [5, 5.41) is 8.48. The van der Waals surface area contributed by atoms with E-state index in [9.17, 15) is 4.79 Å². The molecule has 0 amide bonds. The standard InChI is InChI=1S/C4H4N2O2.C4H4N2/c7-3-1-4(8)6-2-5-3;1-2-5-4-6-3-1/h1-2H,(H2,5,6,7,8);1-4H. The van der Waals surface area contributed by atoms with Crippen LogP contribution >= 0.6 is 0 Å². The molecule has 0 aliphatic carbocycles. The van der Waals surface area contributed by atoms with Crippen LogP contribution in [0.4, 0.5) is 0 Å². The molecule has 0 saturated carbocycles. The molecule has 0 fully saturated rings. The summed E-state index contributed by atoms with van der Waals surface area (Å²) in [4.78, 5) is 23.2. The molecule has 0 aliphatic heterocycles. The summed E-state index contributed by atoms with van der Waals surface area (Å²) in [6.07, 6.45) is 6.01. The Morgan fingerprint density at radius 2 is 2.00 bits per heavy atom. The Bertz CT molecular complexity index is 388. The molecule has 0 aliphatic rings. The molecule has 6 heteroatoms. The van der Waals surface area contributed by atoms with Gasteiger partial charge in [0.1, 0.15) is 6.33 Å². The van der Waals surface area contributed by atoms with Crippen LogP contribution in [-0.4, -0.2) is 25.0 Å². The molecule has 2 aromatic heterocycles. The third-order valence-corrected chi connectivity index (χ3v) is 1.14. The van der Waals surface area contributed by atoms with Crippen LogP contribution in [0.5, 0.6) is 5.88 Å². The zero-order chi connectivity index (χ0) is 10.2. The first-order valence-corrected chi connectivity index (χ1v) is 3.73. The molecule has 0 atom stereocenters. The van der Waals surface area contributed by atoms with Gasteiger partial charge in [-0.2, -0.15) is 0 Å². The molecule has 2 aromatic rings. The normalized spacial score (nSPS) is 8.57. The number of aromatic nitrogens is 4. The average Bonchev–Trinajstić information content (AvgIpc) is 2.21. The SMILES string of the molecule is O=c1cc(O)nc[nH]1.c1cncnc1. The van der Waals surface area contributed by atoms with E-state index in [-0.39, 0.29) is 11.4 Å². The number of nitrogens with one attached hydrogen (secondary N) is 1. The van der Waals surface area contributed by atoms with Crippen molar-refractivity contribution in [2.45, 2.75) is 0 Å². The fraction of sp³-hybridized carbons (Fsp3) is 0. The van der Waals surface area contributed by atoms with E-state index in [2.05, 4.69) is 19.9 Å². The monoisotopic (exact) mass is 192 g/mol. The fourth-order valence-corrected chi connectivity index (χ4v) is 0.612. The molecule has 0 saturated heterocycles. The summed E-state index contributed by atoms with van der Waals surface area (Å²) >= 11 is 0. The van der Waals surface area contributed by atoms with Gasteiger partial charge in [-0.05, 0) is 6.07 Å². The first-order chi connectivity index (χ1) is 6.79. The number of hydrogen-bond acceptors (Lipinski definition) is 5. The quantitative estimate of drug-likeness (QED) is 0.610. The summed E-state index contributed by atoms with van der Waals surface area (Å²) in [5.41, 5.74) is -0.350. The number of H-pyrrole nitrogens is 1. The van der Waals surface area contributed by atoms with Gasteiger partial charge in [-0.1, -0.05) is 0 Å². The minimum atomic E-state index is -0.350. The molecule has 0 aromatic carbocycles. The molecular formula is C8H8N4O2. The van der Waals surface area contributed by atoms with Gasteiger partial charge in [0.2, 0.25) is 5.88 Å². The van der Waals surface area contributed by atoms with Crippen molar-refractivity contribution in [3.05, 3.63) is 47.5 Å². The fourth-order valence-electron chi connectivity index (χ4n) is 0.612. The van der Waals surface area contributed by atoms with E-state index in [0.717, 1.165) is 12.4 Å². The predicted octanol–water partition coefficient (Wildman–Crippen LogP) is -0.0479. The molecule has 2 rings (SSSR count). The highest BCUT2D eigenvalue weighted by Gasteiger charge is 1.84. The Kier molecular flexibility index (Phi) is 3.81. The van der Waals surface area contributed by atoms with Gasteiger partial charge in [-0.25, -0.2) is 15.0 Å². The molecular weight excluding hydrogens is 184 g/mol. The summed E-state index contributed by atoms with van der Waals surface area (Å²) in [7, 11) is 0. The molecule has 6 nitrogen and oxygen atoms in total. The number of nitrogens with zero attached hydrogens (tertiary/aromatic N) is 3. The van der Waals surface area contributed by atoms with Crippen LogP contribution in [0.15, 0.2) is 42.0 Å². The summed E-state index contributed by atoms with van der Waals surface area (Å²) < 4.78 is 0. The average molecular weight is 192 g/mol. The molecule has 72 valence electrons. The lowest BCUT2D eigenvalue weighted by Crippen LogP contribution is -2.01. The van der Waals surface area contributed by atoms with E-state index < -0.39 is 0 Å². The van der Waals surface area contributed by atoms with Gasteiger partial charge in [0.15, 0.2) is 0 Å². The van der Waals surface area contributed by atoms with Crippen LogP contribution in [0.2, 0.25) is 0 Å². The summed E-state index contributed by atoms with van der Waals surface area (Å²) in [6.45, 7) is 0. The van der Waals surface area contributed by atoms with Gasteiger partial charge in [0, 0.05) is 12.4 Å². The third kappa shape index (κ3) is 3.96. The largest absolute Gasteiger partial charge is 0.493 e. The van der Waals surface area contributed by atoms with Gasteiger partial charge >= 0.3 is 0 Å². The van der Waals surface area contributed by atoms with Gasteiger partial charge in [0.25, 0.3) is 5.56 Å². The first kappa shape index (κ1) is 9.85. The van der Waals surface area contributed by atoms with Crippen molar-refractivity contribution in [3.63, 3.8) is 0 Å². The lowest BCUT2D eigenvalue weighted by Gasteiger charge is -1.82. The van der Waals surface area contributed by atoms with Crippen LogP contribution < -0.4 is 5.56 Å². The number of rotatable bonds is 0. The highest BCUT2D eigenvalue weighted by molar-refractivity contribution is 5.01. The molecule has 0 bridgehead atoms. The molecule has 2 heterocycles.